The van der Waals surface area contributed by atoms with Gasteiger partial charge in [0.25, 0.3) is 0 Å². The first-order valence-electron chi connectivity index (χ1n) is 25.9. The van der Waals surface area contributed by atoms with Crippen LogP contribution in [0.15, 0.2) is 127 Å². The molecule has 6 atom stereocenters. The second kappa shape index (κ2) is 20.5. The molecule has 4 heterocycles. The summed E-state index contributed by atoms with van der Waals surface area (Å²) in [6, 6.07) is 41.1. The van der Waals surface area contributed by atoms with Gasteiger partial charge in [0.15, 0.2) is 17.6 Å². The summed E-state index contributed by atoms with van der Waals surface area (Å²) in [4.78, 5) is 29.9. The van der Waals surface area contributed by atoms with E-state index in [0.29, 0.717) is 86.4 Å². The molecule has 0 saturated heterocycles. The molecule has 3 saturated carbocycles. The predicted octanol–water partition coefficient (Wildman–Crippen LogP) is 9.67. The second-order valence-electron chi connectivity index (χ2n) is 20.4. The van der Waals surface area contributed by atoms with E-state index < -0.39 is 35.5 Å². The van der Waals surface area contributed by atoms with E-state index in [1.807, 2.05) is 123 Å². The zero-order chi connectivity index (χ0) is 52.9. The number of nitrogens with zero attached hydrogens (tertiary/aromatic N) is 6. The van der Waals surface area contributed by atoms with Crippen LogP contribution in [0, 0.1) is 25.7 Å². The molecule has 3 fully saturated rings. The van der Waals surface area contributed by atoms with Crippen molar-refractivity contribution in [3.05, 3.63) is 150 Å². The quantitative estimate of drug-likeness (QED) is 0.0363. The van der Waals surface area contributed by atoms with Crippen LogP contribution in [0.2, 0.25) is 0 Å². The lowest BCUT2D eigenvalue weighted by atomic mass is 10.0. The minimum atomic E-state index is -1.77. The maximum Gasteiger partial charge on any atom is 0.229 e. The molecule has 77 heavy (non-hydrogen) atoms. The third kappa shape index (κ3) is 10.1. The summed E-state index contributed by atoms with van der Waals surface area (Å²) >= 11 is 2.91. The molecule has 0 radical (unpaired) electrons. The molecule has 0 aliphatic heterocycles. The number of anilines is 5. The second-order valence-corrected chi connectivity index (χ2v) is 22.5. The summed E-state index contributed by atoms with van der Waals surface area (Å²) in [5.41, 5.74) is 2.85. The van der Waals surface area contributed by atoms with Gasteiger partial charge in [-0.2, -0.15) is 9.97 Å². The molecule has 394 valence electrons. The Labute approximate surface area is 452 Å². The van der Waals surface area contributed by atoms with Crippen LogP contribution in [-0.4, -0.2) is 92.3 Å². The number of benzene rings is 5. The molecule has 0 amide bonds. The van der Waals surface area contributed by atoms with Crippen molar-refractivity contribution in [2.45, 2.75) is 88.2 Å². The molecule has 4 aromatic heterocycles. The van der Waals surface area contributed by atoms with Crippen molar-refractivity contribution in [3.8, 4) is 32.6 Å². The van der Waals surface area contributed by atoms with E-state index in [1.54, 1.807) is 6.07 Å². The van der Waals surface area contributed by atoms with Gasteiger partial charge in [-0.25, -0.2) is 19.9 Å². The van der Waals surface area contributed by atoms with Gasteiger partial charge in [0.1, 0.15) is 45.9 Å². The molecule has 5 aromatic carbocycles. The highest BCUT2D eigenvalue weighted by molar-refractivity contribution is 7.22. The van der Waals surface area contributed by atoms with Gasteiger partial charge in [-0.15, -0.1) is 22.7 Å². The standard InChI is InChI=1S/C58H58N10O7S2/c1-33-46(52-62-42-18-9-10-19-44(42)76-52)50(64-54(59-33)61-39-16-11-17-40(28-39)74-32-35-12-5-3-6-13-35)67-58(73)25-23-37(31-70)49(58)75-41-20-21-45-43(29-41)63-53(77-45)47-34(2)60-55(68-56(26-27-56)38-14-7-4-8-15-38)65-51(47)66-57(72)24-22-36(30-69)48(57)71/h3-21,28-29,36-37,48-49,69-73H,22-27,30-32H2,1-2H3,(H2,59,61,64,67)(H2,60,65,66,68). The number of ether oxygens (including phenoxy) is 2. The van der Waals surface area contributed by atoms with Crippen molar-refractivity contribution in [1.82, 2.24) is 29.9 Å². The molecular formula is C58H58N10O7S2. The lowest BCUT2D eigenvalue weighted by Crippen LogP contribution is -2.51. The van der Waals surface area contributed by atoms with Gasteiger partial charge in [0.2, 0.25) is 11.9 Å². The molecule has 9 N–H and O–H groups in total. The fraction of sp³-hybridized carbons (Fsp3) is 0.310. The monoisotopic (exact) mass is 1070 g/mol. The Morgan fingerprint density at radius 1 is 0.584 bits per heavy atom. The van der Waals surface area contributed by atoms with Crippen LogP contribution < -0.4 is 30.7 Å². The Kier molecular flexibility index (Phi) is 13.5. The smallest absolute Gasteiger partial charge is 0.229 e. The van der Waals surface area contributed by atoms with Gasteiger partial charge < -0.3 is 56.3 Å². The Morgan fingerprint density at radius 2 is 1.21 bits per heavy atom. The Morgan fingerprint density at radius 3 is 1.91 bits per heavy atom. The van der Waals surface area contributed by atoms with Crippen molar-refractivity contribution >= 4 is 72.3 Å². The highest BCUT2D eigenvalue weighted by Gasteiger charge is 2.51. The minimum absolute atomic E-state index is 0.189. The summed E-state index contributed by atoms with van der Waals surface area (Å²) in [5, 5.41) is 71.6. The number of fused-ring (bicyclic) bond motifs is 2. The molecule has 19 heteroatoms. The molecule has 0 bridgehead atoms. The first-order chi connectivity index (χ1) is 37.4. The molecule has 6 unspecified atom stereocenters. The predicted molar refractivity (Wildman–Crippen MR) is 299 cm³/mol. The van der Waals surface area contributed by atoms with E-state index in [1.165, 1.54) is 22.7 Å². The van der Waals surface area contributed by atoms with Crippen LogP contribution in [0.5, 0.6) is 11.5 Å². The summed E-state index contributed by atoms with van der Waals surface area (Å²) in [6.45, 7) is 3.65. The lowest BCUT2D eigenvalue weighted by Gasteiger charge is -2.34. The normalized spacial score (nSPS) is 22.5. The first kappa shape index (κ1) is 50.5. The van der Waals surface area contributed by atoms with Crippen molar-refractivity contribution in [3.63, 3.8) is 0 Å². The number of aryl methyl sites for hydroxylation is 2. The molecule has 3 aliphatic rings. The molecule has 3 aliphatic carbocycles. The molecule has 9 aromatic rings. The summed E-state index contributed by atoms with van der Waals surface area (Å²) < 4.78 is 14.7. The number of aliphatic hydroxyl groups is 5. The number of hydrogen-bond donors (Lipinski definition) is 9. The summed E-state index contributed by atoms with van der Waals surface area (Å²) in [6.07, 6.45) is 0.866. The zero-order valence-electron chi connectivity index (χ0n) is 42.4. The number of nitrogens with one attached hydrogen (secondary N) is 4. The average molecular weight is 1070 g/mol. The van der Waals surface area contributed by atoms with E-state index in [4.69, 9.17) is 39.4 Å². The fourth-order valence-electron chi connectivity index (χ4n) is 10.7. The molecule has 0 spiro atoms. The maximum absolute atomic E-state index is 12.9. The third-order valence-corrected chi connectivity index (χ3v) is 17.2. The molecular weight excluding hydrogens is 1010 g/mol. The number of aromatic nitrogens is 6. The largest absolute Gasteiger partial charge is 0.489 e. The number of hydrogen-bond acceptors (Lipinski definition) is 19. The van der Waals surface area contributed by atoms with Crippen LogP contribution >= 0.6 is 22.7 Å². The van der Waals surface area contributed by atoms with Gasteiger partial charge in [0.05, 0.1) is 48.5 Å². The average Bonchev–Trinajstić information content (AvgIpc) is 3.77. The van der Waals surface area contributed by atoms with E-state index in [9.17, 15) is 25.5 Å². The Bertz CT molecular complexity index is 3570. The van der Waals surface area contributed by atoms with Gasteiger partial charge in [-0.1, -0.05) is 78.9 Å². The highest BCUT2D eigenvalue weighted by atomic mass is 32.1. The van der Waals surface area contributed by atoms with E-state index in [-0.39, 0.29) is 43.4 Å². The molecule has 12 rings (SSSR count). The third-order valence-electron chi connectivity index (χ3n) is 15.1. The van der Waals surface area contributed by atoms with Crippen molar-refractivity contribution in [1.29, 1.82) is 0 Å². The van der Waals surface area contributed by atoms with Crippen molar-refractivity contribution in [2.24, 2.45) is 11.8 Å². The topological polar surface area (TPSA) is 245 Å². The number of para-hydroxylation sites is 1. The number of rotatable bonds is 18. The van der Waals surface area contributed by atoms with Crippen LogP contribution in [0.25, 0.3) is 41.6 Å². The molecule has 17 nitrogen and oxygen atoms in total. The minimum Gasteiger partial charge on any atom is -0.489 e. The van der Waals surface area contributed by atoms with Crippen molar-refractivity contribution in [2.75, 3.05) is 34.5 Å². The van der Waals surface area contributed by atoms with Gasteiger partial charge >= 0.3 is 0 Å². The van der Waals surface area contributed by atoms with Gasteiger partial charge in [0, 0.05) is 42.9 Å². The van der Waals surface area contributed by atoms with E-state index in [0.717, 1.165) is 38.9 Å². The summed E-state index contributed by atoms with van der Waals surface area (Å²) in [5.74, 6) is 1.38. The van der Waals surface area contributed by atoms with Gasteiger partial charge in [-0.05, 0) is 99.9 Å². The van der Waals surface area contributed by atoms with Crippen molar-refractivity contribution < 1.29 is 35.0 Å². The maximum atomic E-state index is 12.9. The summed E-state index contributed by atoms with van der Waals surface area (Å²) in [7, 11) is 0. The van der Waals surface area contributed by atoms with E-state index >= 15 is 0 Å². The van der Waals surface area contributed by atoms with Crippen LogP contribution in [-0.2, 0) is 12.1 Å². The number of aliphatic hydroxyl groups excluding tert-OH is 3. The fourth-order valence-corrected chi connectivity index (χ4v) is 12.8. The number of thiazole rings is 2. The first-order valence-corrected chi connectivity index (χ1v) is 27.5. The van der Waals surface area contributed by atoms with Crippen LogP contribution in [0.3, 0.4) is 0 Å². The van der Waals surface area contributed by atoms with Crippen LogP contribution in [0.4, 0.5) is 29.2 Å². The SMILES string of the molecule is Cc1nc(NC2(c3ccccc3)CC2)nc(NC2(O)CCC(CO)C2O)c1-c1nc2cc(OC3C(CO)CCC3(O)Nc3nc(Nc4cccc(OCc5ccccc5)c4)nc(C)c3-c3nc4ccccc4s3)ccc2s1. The van der Waals surface area contributed by atoms with Crippen LogP contribution in [0.1, 0.15) is 61.0 Å². The van der Waals surface area contributed by atoms with E-state index in [2.05, 4.69) is 33.4 Å². The Balaban J connectivity index is 0.852. The highest BCUT2D eigenvalue weighted by Crippen LogP contribution is 2.49. The Hall–Kier alpha value is -7.36. The lowest BCUT2D eigenvalue weighted by molar-refractivity contribution is -0.0545. The zero-order valence-corrected chi connectivity index (χ0v) is 44.0. The van der Waals surface area contributed by atoms with Gasteiger partial charge in [-0.3, -0.25) is 0 Å².